The van der Waals surface area contributed by atoms with Crippen molar-refractivity contribution in [2.75, 3.05) is 4.90 Å². The molecule has 0 saturated carbocycles. The van der Waals surface area contributed by atoms with Crippen molar-refractivity contribution in [3.05, 3.63) is 51.5 Å². The molecule has 0 aliphatic rings. The molecule has 0 atom stereocenters. The molecule has 0 radical (unpaired) electrons. The summed E-state index contributed by atoms with van der Waals surface area (Å²) in [6.45, 7) is 2.33. The van der Waals surface area contributed by atoms with E-state index < -0.39 is 17.8 Å². The topological polar surface area (TPSA) is 104 Å². The van der Waals surface area contributed by atoms with Gasteiger partial charge in [-0.1, -0.05) is 23.2 Å². The number of esters is 1. The zero-order valence-electron chi connectivity index (χ0n) is 14.3. The van der Waals surface area contributed by atoms with Gasteiger partial charge in [0.1, 0.15) is 17.1 Å². The van der Waals surface area contributed by atoms with Crippen molar-refractivity contribution >= 4 is 46.7 Å². The molecule has 7 nitrogen and oxygen atoms in total. The molecule has 2 aromatic rings. The first kappa shape index (κ1) is 20.5. The predicted octanol–water partition coefficient (Wildman–Crippen LogP) is 3.88. The fourth-order valence-corrected chi connectivity index (χ4v) is 2.93. The van der Waals surface area contributed by atoms with Crippen molar-refractivity contribution in [1.82, 2.24) is 0 Å². The SMILES string of the molecule is CC(=O)Oc1cc(N(Cc2cc(Cl)cc(Cl)c2O)C(C)=O)ccc1C(=O)O. The number of hydrogen-bond donors (Lipinski definition) is 2. The summed E-state index contributed by atoms with van der Waals surface area (Å²) in [5, 5.41) is 19.6. The molecule has 2 N–H and O–H groups in total. The number of carboxylic acids is 1. The van der Waals surface area contributed by atoms with Crippen molar-refractivity contribution in [3.8, 4) is 11.5 Å². The van der Waals surface area contributed by atoms with Crippen molar-refractivity contribution in [3.63, 3.8) is 0 Å². The van der Waals surface area contributed by atoms with Gasteiger partial charge in [-0.3, -0.25) is 9.59 Å². The third kappa shape index (κ3) is 4.90. The summed E-state index contributed by atoms with van der Waals surface area (Å²) < 4.78 is 4.94. The molecule has 0 aromatic heterocycles. The smallest absolute Gasteiger partial charge is 0.339 e. The van der Waals surface area contributed by atoms with Gasteiger partial charge in [0.15, 0.2) is 0 Å². The van der Waals surface area contributed by atoms with Gasteiger partial charge in [0, 0.05) is 36.2 Å². The quantitative estimate of drug-likeness (QED) is 0.571. The maximum Gasteiger partial charge on any atom is 0.339 e. The van der Waals surface area contributed by atoms with Crippen LogP contribution in [0.15, 0.2) is 30.3 Å². The van der Waals surface area contributed by atoms with Crippen LogP contribution in [0.3, 0.4) is 0 Å². The van der Waals surface area contributed by atoms with E-state index in [1.165, 1.54) is 42.2 Å². The Bertz CT molecular complexity index is 928. The largest absolute Gasteiger partial charge is 0.506 e. The summed E-state index contributed by atoms with van der Waals surface area (Å²) in [6.07, 6.45) is 0. The van der Waals surface area contributed by atoms with E-state index in [1.807, 2.05) is 0 Å². The molecule has 2 aromatic carbocycles. The third-order valence-corrected chi connectivity index (χ3v) is 4.08. The van der Waals surface area contributed by atoms with Gasteiger partial charge in [-0.15, -0.1) is 0 Å². The van der Waals surface area contributed by atoms with E-state index in [0.717, 1.165) is 6.92 Å². The average molecular weight is 412 g/mol. The van der Waals surface area contributed by atoms with Crippen molar-refractivity contribution in [2.45, 2.75) is 20.4 Å². The first-order valence-electron chi connectivity index (χ1n) is 7.61. The third-order valence-electron chi connectivity index (χ3n) is 3.58. The number of ether oxygens (including phenoxy) is 1. The van der Waals surface area contributed by atoms with E-state index in [1.54, 1.807) is 0 Å². The lowest BCUT2D eigenvalue weighted by Crippen LogP contribution is -2.28. The Hall–Kier alpha value is -2.77. The van der Waals surface area contributed by atoms with E-state index in [-0.39, 0.29) is 39.3 Å². The number of carbonyl (C=O) groups excluding carboxylic acids is 2. The lowest BCUT2D eigenvalue weighted by Gasteiger charge is -2.23. The van der Waals surface area contributed by atoms with Crippen molar-refractivity contribution in [2.24, 2.45) is 0 Å². The highest BCUT2D eigenvalue weighted by Gasteiger charge is 2.20. The number of aromatic hydroxyl groups is 1. The molecule has 0 fully saturated rings. The minimum atomic E-state index is -1.29. The number of rotatable bonds is 5. The molecule has 142 valence electrons. The van der Waals surface area contributed by atoms with Crippen LogP contribution in [0.5, 0.6) is 11.5 Å². The molecule has 0 aliphatic heterocycles. The van der Waals surface area contributed by atoms with Gasteiger partial charge in [0.2, 0.25) is 5.91 Å². The van der Waals surface area contributed by atoms with Crippen LogP contribution in [-0.2, 0) is 16.1 Å². The van der Waals surface area contributed by atoms with E-state index in [9.17, 15) is 24.6 Å². The Balaban J connectivity index is 2.50. The van der Waals surface area contributed by atoms with Crippen LogP contribution in [0.2, 0.25) is 10.0 Å². The second kappa shape index (κ2) is 8.28. The monoisotopic (exact) mass is 411 g/mol. The summed E-state index contributed by atoms with van der Waals surface area (Å²) in [7, 11) is 0. The van der Waals surface area contributed by atoms with E-state index in [0.29, 0.717) is 5.56 Å². The Labute approximate surface area is 164 Å². The maximum absolute atomic E-state index is 12.1. The summed E-state index contributed by atoms with van der Waals surface area (Å²) >= 11 is 11.9. The number of carbonyl (C=O) groups is 3. The molecule has 9 heteroatoms. The number of anilines is 1. The van der Waals surface area contributed by atoms with Gasteiger partial charge >= 0.3 is 11.9 Å². The molecule has 0 aliphatic carbocycles. The molecular weight excluding hydrogens is 397 g/mol. The first-order valence-corrected chi connectivity index (χ1v) is 8.36. The Kier molecular flexibility index (Phi) is 6.30. The van der Waals surface area contributed by atoms with Gasteiger partial charge in [-0.2, -0.15) is 0 Å². The van der Waals surface area contributed by atoms with Gasteiger partial charge in [0.25, 0.3) is 0 Å². The Morgan fingerprint density at radius 2 is 1.78 bits per heavy atom. The number of hydrogen-bond acceptors (Lipinski definition) is 5. The van der Waals surface area contributed by atoms with Crippen LogP contribution >= 0.6 is 23.2 Å². The molecule has 0 saturated heterocycles. The Morgan fingerprint density at radius 1 is 1.11 bits per heavy atom. The van der Waals surface area contributed by atoms with Crippen LogP contribution in [0.1, 0.15) is 29.8 Å². The molecule has 0 unspecified atom stereocenters. The first-order chi connectivity index (χ1) is 12.6. The average Bonchev–Trinajstić information content (AvgIpc) is 2.55. The van der Waals surface area contributed by atoms with E-state index in [4.69, 9.17) is 27.9 Å². The van der Waals surface area contributed by atoms with Crippen molar-refractivity contribution in [1.29, 1.82) is 0 Å². The predicted molar refractivity (Wildman–Crippen MR) is 99.7 cm³/mol. The normalized spacial score (nSPS) is 10.4. The van der Waals surface area contributed by atoms with Crippen LogP contribution in [0, 0.1) is 0 Å². The van der Waals surface area contributed by atoms with Crippen LogP contribution < -0.4 is 9.64 Å². The fraction of sp³-hybridized carbons (Fsp3) is 0.167. The van der Waals surface area contributed by atoms with Crippen molar-refractivity contribution < 1.29 is 29.3 Å². The molecule has 0 bridgehead atoms. The molecule has 2 rings (SSSR count). The minimum absolute atomic E-state index is 0.0304. The summed E-state index contributed by atoms with van der Waals surface area (Å²) in [4.78, 5) is 35.9. The number of aromatic carboxylic acids is 1. The van der Waals surface area contributed by atoms with E-state index >= 15 is 0 Å². The van der Waals surface area contributed by atoms with E-state index in [2.05, 4.69) is 0 Å². The molecule has 27 heavy (non-hydrogen) atoms. The highest BCUT2D eigenvalue weighted by molar-refractivity contribution is 6.35. The lowest BCUT2D eigenvalue weighted by molar-refractivity contribution is -0.131. The number of carboxylic acid groups (broad SMARTS) is 1. The number of phenols is 1. The summed E-state index contributed by atoms with van der Waals surface area (Å²) in [5.74, 6) is -2.82. The number of phenolic OH excluding ortho intramolecular Hbond substituents is 1. The standard InChI is InChI=1S/C18H15Cl2NO6/c1-9(22)21(8-11-5-12(19)6-15(20)17(11)24)13-3-4-14(18(25)26)16(7-13)27-10(2)23/h3-7,24H,8H2,1-2H3,(H,25,26). The Morgan fingerprint density at radius 3 is 2.33 bits per heavy atom. The highest BCUT2D eigenvalue weighted by atomic mass is 35.5. The highest BCUT2D eigenvalue weighted by Crippen LogP contribution is 2.34. The molecule has 1 amide bonds. The van der Waals surface area contributed by atoms with Crippen LogP contribution in [-0.4, -0.2) is 28.1 Å². The van der Waals surface area contributed by atoms with Gasteiger partial charge in [-0.25, -0.2) is 4.79 Å². The summed E-state index contributed by atoms with van der Waals surface area (Å²) in [5.41, 5.74) is 0.324. The maximum atomic E-state index is 12.1. The summed E-state index contributed by atoms with van der Waals surface area (Å²) in [6, 6.07) is 6.69. The van der Waals surface area contributed by atoms with Gasteiger partial charge in [0.05, 0.1) is 11.6 Å². The number of amides is 1. The number of benzene rings is 2. The lowest BCUT2D eigenvalue weighted by atomic mass is 10.1. The number of nitrogens with zero attached hydrogens (tertiary/aromatic N) is 1. The number of halogens is 2. The van der Waals surface area contributed by atoms with Gasteiger partial charge in [-0.05, 0) is 24.3 Å². The second-order valence-corrected chi connectivity index (χ2v) is 6.42. The zero-order chi connectivity index (χ0) is 20.3. The minimum Gasteiger partial charge on any atom is -0.506 e. The molecule has 0 heterocycles. The molecular formula is C18H15Cl2NO6. The van der Waals surface area contributed by atoms with Crippen LogP contribution in [0.4, 0.5) is 5.69 Å². The van der Waals surface area contributed by atoms with Crippen LogP contribution in [0.25, 0.3) is 0 Å². The van der Waals surface area contributed by atoms with Gasteiger partial charge < -0.3 is 19.8 Å². The second-order valence-electron chi connectivity index (χ2n) is 5.58. The molecule has 0 spiro atoms. The fourth-order valence-electron chi connectivity index (χ4n) is 2.39. The zero-order valence-corrected chi connectivity index (χ0v) is 15.8.